The van der Waals surface area contributed by atoms with Gasteiger partial charge in [-0.05, 0) is 24.6 Å². The molecule has 0 heterocycles. The highest BCUT2D eigenvalue weighted by Gasteiger charge is 2.48. The van der Waals surface area contributed by atoms with Gasteiger partial charge in [0.05, 0.1) is 28.8 Å². The molecule has 2 rings (SSSR count). The van der Waals surface area contributed by atoms with E-state index in [0.29, 0.717) is 6.07 Å². The number of carbonyl (C=O) groups excluding carboxylic acids is 2. The summed E-state index contributed by atoms with van der Waals surface area (Å²) in [7, 11) is 0. The van der Waals surface area contributed by atoms with Crippen molar-refractivity contribution in [3.8, 4) is 0 Å². The number of anilines is 2. The van der Waals surface area contributed by atoms with Crippen LogP contribution in [0.2, 0.25) is 0 Å². The van der Waals surface area contributed by atoms with Crippen LogP contribution in [0.5, 0.6) is 0 Å². The van der Waals surface area contributed by atoms with Gasteiger partial charge in [-0.25, -0.2) is 0 Å². The van der Waals surface area contributed by atoms with Crippen LogP contribution in [0, 0.1) is 11.8 Å². The van der Waals surface area contributed by atoms with E-state index in [9.17, 15) is 27.6 Å². The first-order valence-corrected chi connectivity index (χ1v) is 6.62. The molecular weight excluding hydrogens is 317 g/mol. The first-order chi connectivity index (χ1) is 10.6. The number of hydrogen-bond acceptors (Lipinski definition) is 3. The predicted octanol–water partition coefficient (Wildman–Crippen LogP) is 2.32. The molecule has 1 aliphatic rings. The van der Waals surface area contributed by atoms with Gasteiger partial charge < -0.3 is 15.7 Å². The molecule has 0 aromatic heterocycles. The van der Waals surface area contributed by atoms with Crippen LogP contribution in [0.1, 0.15) is 18.9 Å². The minimum Gasteiger partial charge on any atom is -0.481 e. The molecule has 1 saturated carbocycles. The van der Waals surface area contributed by atoms with Gasteiger partial charge in [0.1, 0.15) is 0 Å². The number of alkyl halides is 3. The Morgan fingerprint density at radius 3 is 2.26 bits per heavy atom. The van der Waals surface area contributed by atoms with Crippen LogP contribution in [-0.2, 0) is 20.6 Å². The standard InChI is InChI=1S/C14H13F3N2O4/c1-6(20)18-10-3-2-7(14(15,16)17)4-11(10)19-12(21)8-5-9(8)13(22)23/h2-4,8-9H,5H2,1H3,(H,18,20)(H,19,21)(H,22,23)/t8-,9-/m1/s1. The van der Waals surface area contributed by atoms with Gasteiger partial charge in [-0.1, -0.05) is 0 Å². The fourth-order valence-corrected chi connectivity index (χ4v) is 2.11. The Hall–Kier alpha value is -2.58. The molecule has 9 heteroatoms. The predicted molar refractivity (Wildman–Crippen MR) is 73.6 cm³/mol. The lowest BCUT2D eigenvalue weighted by Crippen LogP contribution is -2.19. The van der Waals surface area contributed by atoms with E-state index < -0.39 is 41.4 Å². The maximum Gasteiger partial charge on any atom is 0.416 e. The second-order valence-electron chi connectivity index (χ2n) is 5.22. The molecule has 0 spiro atoms. The van der Waals surface area contributed by atoms with E-state index in [1.807, 2.05) is 0 Å². The summed E-state index contributed by atoms with van der Waals surface area (Å²) in [4.78, 5) is 33.8. The number of aliphatic carboxylic acids is 1. The van der Waals surface area contributed by atoms with E-state index in [4.69, 9.17) is 5.11 Å². The smallest absolute Gasteiger partial charge is 0.416 e. The number of carboxylic acid groups (broad SMARTS) is 1. The second-order valence-corrected chi connectivity index (χ2v) is 5.22. The molecular formula is C14H13F3N2O4. The largest absolute Gasteiger partial charge is 0.481 e. The topological polar surface area (TPSA) is 95.5 Å². The average Bonchev–Trinajstić information content (AvgIpc) is 3.19. The van der Waals surface area contributed by atoms with E-state index in [1.165, 1.54) is 6.92 Å². The molecule has 6 nitrogen and oxygen atoms in total. The van der Waals surface area contributed by atoms with Crippen LogP contribution in [0.3, 0.4) is 0 Å². The van der Waals surface area contributed by atoms with Crippen LogP contribution in [0.4, 0.5) is 24.5 Å². The SMILES string of the molecule is CC(=O)Nc1ccc(C(F)(F)F)cc1NC(=O)[C@@H]1C[C@H]1C(=O)O. The Kier molecular flexibility index (Phi) is 4.31. The zero-order valence-electron chi connectivity index (χ0n) is 11.9. The molecule has 2 atom stereocenters. The zero-order chi connectivity index (χ0) is 17.4. The van der Waals surface area contributed by atoms with Crippen molar-refractivity contribution in [1.82, 2.24) is 0 Å². The van der Waals surface area contributed by atoms with Crippen molar-refractivity contribution >= 4 is 29.2 Å². The number of benzene rings is 1. The average molecular weight is 330 g/mol. The molecule has 0 aliphatic heterocycles. The molecule has 0 radical (unpaired) electrons. The first-order valence-electron chi connectivity index (χ1n) is 6.62. The van der Waals surface area contributed by atoms with Gasteiger partial charge in [-0.15, -0.1) is 0 Å². The van der Waals surface area contributed by atoms with Gasteiger partial charge in [0.15, 0.2) is 0 Å². The summed E-state index contributed by atoms with van der Waals surface area (Å²) >= 11 is 0. The maximum atomic E-state index is 12.8. The molecule has 3 N–H and O–H groups in total. The Morgan fingerprint density at radius 1 is 1.13 bits per heavy atom. The van der Waals surface area contributed by atoms with E-state index >= 15 is 0 Å². The van der Waals surface area contributed by atoms with Crippen LogP contribution >= 0.6 is 0 Å². The summed E-state index contributed by atoms with van der Waals surface area (Å²) in [5.41, 5.74) is -1.21. The van der Waals surface area contributed by atoms with E-state index in [-0.39, 0.29) is 17.8 Å². The third-order valence-corrected chi connectivity index (χ3v) is 3.36. The van der Waals surface area contributed by atoms with Crippen molar-refractivity contribution < 1.29 is 32.7 Å². The van der Waals surface area contributed by atoms with Gasteiger partial charge in [-0.2, -0.15) is 13.2 Å². The highest BCUT2D eigenvalue weighted by Crippen LogP contribution is 2.40. The van der Waals surface area contributed by atoms with Crippen molar-refractivity contribution in [1.29, 1.82) is 0 Å². The Balaban J connectivity index is 2.25. The molecule has 124 valence electrons. The lowest BCUT2D eigenvalue weighted by atomic mass is 10.1. The number of carbonyl (C=O) groups is 3. The number of hydrogen-bond donors (Lipinski definition) is 3. The lowest BCUT2D eigenvalue weighted by Gasteiger charge is -2.14. The number of carboxylic acids is 1. The van der Waals surface area contributed by atoms with Gasteiger partial charge in [0.25, 0.3) is 0 Å². The first kappa shape index (κ1) is 16.8. The molecule has 0 bridgehead atoms. The van der Waals surface area contributed by atoms with Crippen molar-refractivity contribution in [3.05, 3.63) is 23.8 Å². The van der Waals surface area contributed by atoms with Crippen LogP contribution in [-0.4, -0.2) is 22.9 Å². The molecule has 0 unspecified atom stereocenters. The van der Waals surface area contributed by atoms with Gasteiger partial charge in [0, 0.05) is 6.92 Å². The quantitative estimate of drug-likeness (QED) is 0.789. The van der Waals surface area contributed by atoms with Crippen molar-refractivity contribution in [3.63, 3.8) is 0 Å². The van der Waals surface area contributed by atoms with Crippen LogP contribution in [0.25, 0.3) is 0 Å². The van der Waals surface area contributed by atoms with Gasteiger partial charge in [0.2, 0.25) is 11.8 Å². The van der Waals surface area contributed by atoms with E-state index in [2.05, 4.69) is 10.6 Å². The summed E-state index contributed by atoms with van der Waals surface area (Å²) in [5.74, 6) is -3.95. The van der Waals surface area contributed by atoms with E-state index in [1.54, 1.807) is 0 Å². The minimum absolute atomic E-state index is 0.00590. The highest BCUT2D eigenvalue weighted by atomic mass is 19.4. The summed E-state index contributed by atoms with van der Waals surface area (Å²) in [6.45, 7) is 1.17. The lowest BCUT2D eigenvalue weighted by molar-refractivity contribution is -0.139. The second kappa shape index (κ2) is 5.90. The van der Waals surface area contributed by atoms with Crippen LogP contribution in [0.15, 0.2) is 18.2 Å². The fourth-order valence-electron chi connectivity index (χ4n) is 2.11. The third-order valence-electron chi connectivity index (χ3n) is 3.36. The minimum atomic E-state index is -4.61. The molecule has 1 aromatic rings. The summed E-state index contributed by atoms with van der Waals surface area (Å²) in [6.07, 6.45) is -4.48. The Labute approximate surface area is 128 Å². The third kappa shape index (κ3) is 3.99. The number of halogens is 3. The van der Waals surface area contributed by atoms with Gasteiger partial charge >= 0.3 is 12.1 Å². The fraction of sp³-hybridized carbons (Fsp3) is 0.357. The molecule has 2 amide bonds. The maximum absolute atomic E-state index is 12.8. The summed E-state index contributed by atoms with van der Waals surface area (Å²) < 4.78 is 38.3. The summed E-state index contributed by atoms with van der Waals surface area (Å²) in [5, 5.41) is 13.3. The van der Waals surface area contributed by atoms with Gasteiger partial charge in [-0.3, -0.25) is 14.4 Å². The summed E-state index contributed by atoms with van der Waals surface area (Å²) in [6, 6.07) is 2.50. The Morgan fingerprint density at radius 2 is 1.78 bits per heavy atom. The Bertz CT molecular complexity index is 672. The molecule has 1 aromatic carbocycles. The number of rotatable bonds is 4. The molecule has 1 aliphatic carbocycles. The zero-order valence-corrected chi connectivity index (χ0v) is 11.9. The molecule has 0 saturated heterocycles. The monoisotopic (exact) mass is 330 g/mol. The molecule has 1 fully saturated rings. The van der Waals surface area contributed by atoms with Crippen molar-refractivity contribution in [2.75, 3.05) is 10.6 Å². The number of nitrogens with one attached hydrogen (secondary N) is 2. The molecule has 23 heavy (non-hydrogen) atoms. The van der Waals surface area contributed by atoms with Crippen molar-refractivity contribution in [2.45, 2.75) is 19.5 Å². The van der Waals surface area contributed by atoms with Crippen LogP contribution < -0.4 is 10.6 Å². The normalized spacial score (nSPS) is 19.8. The van der Waals surface area contributed by atoms with Crippen molar-refractivity contribution in [2.24, 2.45) is 11.8 Å². The highest BCUT2D eigenvalue weighted by molar-refractivity contribution is 6.02. The number of amides is 2. The van der Waals surface area contributed by atoms with E-state index in [0.717, 1.165) is 12.1 Å².